The number of likely N-dealkylation sites (tertiary alicyclic amines) is 1. The summed E-state index contributed by atoms with van der Waals surface area (Å²) in [5, 5.41) is 0. The lowest BCUT2D eigenvalue weighted by atomic mass is 9.63. The molecule has 1 aromatic rings. The summed E-state index contributed by atoms with van der Waals surface area (Å²) in [7, 11) is 3.43. The monoisotopic (exact) mass is 556 g/mol. The molecule has 0 unspecified atom stereocenters. The summed E-state index contributed by atoms with van der Waals surface area (Å²) in [6.07, 6.45) is 6.51. The molecule has 0 bridgehead atoms. The lowest BCUT2D eigenvalue weighted by Crippen LogP contribution is -2.56. The van der Waals surface area contributed by atoms with Crippen LogP contribution in [0.3, 0.4) is 0 Å². The Morgan fingerprint density at radius 3 is 2.50 bits per heavy atom. The maximum atomic E-state index is 12.7. The van der Waals surface area contributed by atoms with Gasteiger partial charge in [-0.05, 0) is 91.2 Å². The Morgan fingerprint density at radius 2 is 1.88 bits per heavy atom. The van der Waals surface area contributed by atoms with Gasteiger partial charge in [-0.2, -0.15) is 0 Å². The third-order valence-electron chi connectivity index (χ3n) is 8.54. The number of amides is 2. The molecule has 2 saturated heterocycles. The fraction of sp³-hybridized carbons (Fsp3) is 0.688. The maximum Gasteiger partial charge on any atom is 0.410 e. The third kappa shape index (κ3) is 6.93. The molecule has 0 aromatic heterocycles. The van der Waals surface area contributed by atoms with Crippen LogP contribution in [0.5, 0.6) is 11.5 Å². The highest BCUT2D eigenvalue weighted by atomic mass is 16.6. The number of rotatable bonds is 6. The maximum absolute atomic E-state index is 12.7. The number of nitrogens with zero attached hydrogens (tertiary/aromatic N) is 2. The predicted molar refractivity (Wildman–Crippen MR) is 155 cm³/mol. The van der Waals surface area contributed by atoms with E-state index in [-0.39, 0.29) is 36.0 Å². The van der Waals surface area contributed by atoms with E-state index in [1.165, 1.54) is 10.5 Å². The van der Waals surface area contributed by atoms with Gasteiger partial charge in [0, 0.05) is 44.7 Å². The van der Waals surface area contributed by atoms with Crippen LogP contribution in [-0.2, 0) is 14.3 Å². The van der Waals surface area contributed by atoms with Crippen LogP contribution in [0.2, 0.25) is 0 Å². The first-order valence-electron chi connectivity index (χ1n) is 14.6. The van der Waals surface area contributed by atoms with E-state index in [1.807, 2.05) is 43.9 Å². The van der Waals surface area contributed by atoms with Crippen LogP contribution in [0.15, 0.2) is 29.8 Å². The number of fused-ring (bicyclic) bond motifs is 3. The van der Waals surface area contributed by atoms with Crippen LogP contribution < -0.4 is 9.47 Å². The van der Waals surface area contributed by atoms with E-state index in [2.05, 4.69) is 26.8 Å². The van der Waals surface area contributed by atoms with Crippen LogP contribution in [0, 0.1) is 11.3 Å². The summed E-state index contributed by atoms with van der Waals surface area (Å²) in [6.45, 7) is 14.2. The molecule has 40 heavy (non-hydrogen) atoms. The molecule has 2 amide bonds. The van der Waals surface area contributed by atoms with Gasteiger partial charge in [-0.3, -0.25) is 4.79 Å². The molecule has 4 rings (SSSR count). The number of hydrogen-bond donors (Lipinski definition) is 0. The standard InChI is InChI=1S/C32H48N2O6/c1-22(2)10-9-13-31(6)25-19-32(14-16-34(17-15-32)29(36)40-30(3,4)5)21-38-28(25)24-12-11-23(18-26(24)39-31)37-20-27(35)33(7)8/h10-12,18,25,28H,9,13-17,19-21H2,1-8H3/t25-,28+,31+/m0/s1. The first kappa shape index (κ1) is 30.2. The Hall–Kier alpha value is -2.74. The Balaban J connectivity index is 1.54. The molecule has 3 heterocycles. The fourth-order valence-electron chi connectivity index (χ4n) is 6.11. The number of likely N-dealkylation sites (N-methyl/N-ethyl adjacent to an activating group) is 1. The van der Waals surface area contributed by atoms with E-state index < -0.39 is 11.2 Å². The molecular weight excluding hydrogens is 508 g/mol. The molecular formula is C32H48N2O6. The van der Waals surface area contributed by atoms with Gasteiger partial charge in [0.25, 0.3) is 5.91 Å². The minimum Gasteiger partial charge on any atom is -0.487 e. The number of ether oxygens (including phenoxy) is 4. The molecule has 2 fully saturated rings. The minimum absolute atomic E-state index is 0.00784. The third-order valence-corrected chi connectivity index (χ3v) is 8.54. The predicted octanol–water partition coefficient (Wildman–Crippen LogP) is 6.15. The Morgan fingerprint density at radius 1 is 1.18 bits per heavy atom. The van der Waals surface area contributed by atoms with E-state index in [9.17, 15) is 9.59 Å². The highest BCUT2D eigenvalue weighted by Crippen LogP contribution is 2.57. The van der Waals surface area contributed by atoms with Crippen molar-refractivity contribution in [1.29, 1.82) is 0 Å². The lowest BCUT2D eigenvalue weighted by Gasteiger charge is -2.55. The topological polar surface area (TPSA) is 77.5 Å². The van der Waals surface area contributed by atoms with Crippen molar-refractivity contribution in [3.63, 3.8) is 0 Å². The second-order valence-electron chi connectivity index (χ2n) is 13.5. The molecule has 3 atom stereocenters. The van der Waals surface area contributed by atoms with Crippen molar-refractivity contribution >= 4 is 12.0 Å². The van der Waals surface area contributed by atoms with Gasteiger partial charge in [-0.1, -0.05) is 11.6 Å². The highest BCUT2D eigenvalue weighted by Gasteiger charge is 2.54. The summed E-state index contributed by atoms with van der Waals surface area (Å²) >= 11 is 0. The molecule has 8 heteroatoms. The van der Waals surface area contributed by atoms with Crippen LogP contribution in [0.25, 0.3) is 0 Å². The quantitative estimate of drug-likeness (QED) is 0.392. The summed E-state index contributed by atoms with van der Waals surface area (Å²) < 4.78 is 25.0. The molecule has 0 N–H and O–H groups in total. The van der Waals surface area contributed by atoms with Crippen molar-refractivity contribution in [3.8, 4) is 11.5 Å². The Labute approximate surface area is 240 Å². The van der Waals surface area contributed by atoms with E-state index in [1.54, 1.807) is 14.1 Å². The number of carbonyl (C=O) groups excluding carboxylic acids is 2. The first-order chi connectivity index (χ1) is 18.7. The Bertz CT molecular complexity index is 1110. The smallest absolute Gasteiger partial charge is 0.410 e. The van der Waals surface area contributed by atoms with E-state index in [0.717, 1.165) is 43.4 Å². The zero-order valence-electron chi connectivity index (χ0n) is 25.7. The Kier molecular flexibility index (Phi) is 8.79. The van der Waals surface area contributed by atoms with Gasteiger partial charge in [-0.25, -0.2) is 4.79 Å². The van der Waals surface area contributed by atoms with Crippen LogP contribution in [-0.4, -0.2) is 73.4 Å². The highest BCUT2D eigenvalue weighted by molar-refractivity contribution is 5.77. The summed E-state index contributed by atoms with van der Waals surface area (Å²) in [5.41, 5.74) is 1.41. The number of carbonyl (C=O) groups is 2. The molecule has 0 radical (unpaired) electrons. The molecule has 0 saturated carbocycles. The molecule has 3 aliphatic heterocycles. The molecule has 0 aliphatic carbocycles. The number of piperidine rings is 1. The first-order valence-corrected chi connectivity index (χ1v) is 14.6. The largest absolute Gasteiger partial charge is 0.487 e. The van der Waals surface area contributed by atoms with Crippen molar-refractivity contribution in [2.24, 2.45) is 11.3 Å². The van der Waals surface area contributed by atoms with E-state index in [4.69, 9.17) is 18.9 Å². The zero-order chi connectivity index (χ0) is 29.3. The molecule has 3 aliphatic rings. The average molecular weight is 557 g/mol. The molecule has 1 spiro atoms. The average Bonchev–Trinajstić information content (AvgIpc) is 2.86. The number of hydrogen-bond acceptors (Lipinski definition) is 6. The minimum atomic E-state index is -0.500. The molecule has 8 nitrogen and oxygen atoms in total. The molecule has 1 aromatic carbocycles. The van der Waals surface area contributed by atoms with Crippen molar-refractivity contribution in [1.82, 2.24) is 9.80 Å². The van der Waals surface area contributed by atoms with Crippen LogP contribution in [0.1, 0.15) is 85.3 Å². The fourth-order valence-corrected chi connectivity index (χ4v) is 6.11. The second-order valence-corrected chi connectivity index (χ2v) is 13.5. The van der Waals surface area contributed by atoms with Crippen molar-refractivity contribution in [2.45, 2.75) is 91.0 Å². The van der Waals surface area contributed by atoms with Crippen LogP contribution >= 0.6 is 0 Å². The van der Waals surface area contributed by atoms with Crippen molar-refractivity contribution < 1.29 is 28.5 Å². The number of allylic oxidation sites excluding steroid dienone is 2. The van der Waals surface area contributed by atoms with Gasteiger partial charge >= 0.3 is 6.09 Å². The molecule has 222 valence electrons. The van der Waals surface area contributed by atoms with E-state index >= 15 is 0 Å². The van der Waals surface area contributed by atoms with Gasteiger partial charge in [0.2, 0.25) is 0 Å². The summed E-state index contributed by atoms with van der Waals surface area (Å²) in [4.78, 5) is 28.1. The normalized spacial score (nSPS) is 25.2. The SMILES string of the molecule is CC(C)=CCC[C@@]1(C)Oc2cc(OCC(=O)N(C)C)ccc2[C@H]2OCC3(CCN(C(=O)OC(C)(C)C)CC3)C[C@@H]21. The van der Waals surface area contributed by atoms with Gasteiger partial charge in [-0.15, -0.1) is 0 Å². The zero-order valence-corrected chi connectivity index (χ0v) is 25.7. The number of benzene rings is 1. The van der Waals surface area contributed by atoms with Crippen LogP contribution in [0.4, 0.5) is 4.79 Å². The van der Waals surface area contributed by atoms with Crippen molar-refractivity contribution in [3.05, 3.63) is 35.4 Å². The second kappa shape index (κ2) is 11.6. The van der Waals surface area contributed by atoms with Gasteiger partial charge in [0.1, 0.15) is 22.7 Å². The summed E-state index contributed by atoms with van der Waals surface area (Å²) in [6, 6.07) is 5.84. The van der Waals surface area contributed by atoms with Gasteiger partial charge < -0.3 is 28.7 Å². The van der Waals surface area contributed by atoms with Gasteiger partial charge in [0.15, 0.2) is 6.61 Å². The van der Waals surface area contributed by atoms with Gasteiger partial charge in [0.05, 0.1) is 12.7 Å². The van der Waals surface area contributed by atoms with E-state index in [0.29, 0.717) is 25.4 Å². The van der Waals surface area contributed by atoms with Crippen molar-refractivity contribution in [2.75, 3.05) is 40.4 Å². The lowest BCUT2D eigenvalue weighted by molar-refractivity contribution is -0.179. The summed E-state index contributed by atoms with van der Waals surface area (Å²) in [5.74, 6) is 1.46.